The van der Waals surface area contributed by atoms with Gasteiger partial charge in [0.15, 0.2) is 0 Å². The van der Waals surface area contributed by atoms with Crippen LogP contribution in [-0.4, -0.2) is 4.98 Å². The first kappa shape index (κ1) is 6.25. The van der Waals surface area contributed by atoms with Crippen molar-refractivity contribution in [2.24, 2.45) is 5.73 Å². The van der Waals surface area contributed by atoms with Crippen molar-refractivity contribution >= 4 is 11.6 Å². The number of nitrogens with one attached hydrogen (secondary N) is 1. The lowest BCUT2D eigenvalue weighted by Crippen LogP contribution is -2.03. The molecule has 54 valence electrons. The molecule has 1 aromatic heterocycles. The van der Waals surface area contributed by atoms with E-state index in [0.29, 0.717) is 0 Å². The second-order valence-corrected chi connectivity index (χ2v) is 3.06. The molecule has 0 aliphatic heterocycles. The van der Waals surface area contributed by atoms with E-state index in [1.165, 1.54) is 11.1 Å². The lowest BCUT2D eigenvalue weighted by molar-refractivity contribution is 0.709. The molecule has 0 saturated heterocycles. The first-order valence-corrected chi connectivity index (χ1v) is 3.78. The second kappa shape index (κ2) is 2.01. The molecule has 1 aromatic rings. The van der Waals surface area contributed by atoms with E-state index in [1.54, 1.807) is 0 Å². The van der Waals surface area contributed by atoms with Crippen LogP contribution in [0.3, 0.4) is 0 Å². The number of H-pyrrole nitrogens is 1. The number of aromatic amines is 1. The Morgan fingerprint density at radius 3 is 3.20 bits per heavy atom. The van der Waals surface area contributed by atoms with Crippen LogP contribution in [0.25, 0.3) is 0 Å². The largest absolute Gasteiger partial charge is 0.352 e. The Balaban J connectivity index is 2.53. The van der Waals surface area contributed by atoms with Gasteiger partial charge in [0.05, 0.1) is 0 Å². The Morgan fingerprint density at radius 1 is 1.70 bits per heavy atom. The van der Waals surface area contributed by atoms with Gasteiger partial charge in [-0.15, -0.1) is 0 Å². The summed E-state index contributed by atoms with van der Waals surface area (Å²) in [5.74, 6) is 0. The van der Waals surface area contributed by atoms with Crippen LogP contribution in [0.5, 0.6) is 0 Å². The molecular weight excluding hydrogens is 148 g/mol. The van der Waals surface area contributed by atoms with Gasteiger partial charge in [0.1, 0.15) is 5.15 Å². The minimum atomic E-state index is 0.207. The molecule has 10 heavy (non-hydrogen) atoms. The Morgan fingerprint density at radius 2 is 2.50 bits per heavy atom. The molecule has 1 unspecified atom stereocenters. The van der Waals surface area contributed by atoms with Crippen LogP contribution in [0.4, 0.5) is 0 Å². The number of fused-ring (bicyclic) bond motifs is 1. The van der Waals surface area contributed by atoms with Gasteiger partial charge < -0.3 is 10.7 Å². The van der Waals surface area contributed by atoms with Gasteiger partial charge in [-0.1, -0.05) is 11.6 Å². The number of halogens is 1. The average Bonchev–Trinajstić information content (AvgIpc) is 2.41. The molecule has 1 heterocycles. The smallest absolute Gasteiger partial charge is 0.109 e. The summed E-state index contributed by atoms with van der Waals surface area (Å²) in [4.78, 5) is 2.95. The van der Waals surface area contributed by atoms with Crippen LogP contribution in [0.1, 0.15) is 23.6 Å². The van der Waals surface area contributed by atoms with Gasteiger partial charge in [-0.05, 0) is 24.0 Å². The third-order valence-electron chi connectivity index (χ3n) is 2.07. The summed E-state index contributed by atoms with van der Waals surface area (Å²) >= 11 is 5.84. The molecule has 3 N–H and O–H groups in total. The van der Waals surface area contributed by atoms with Crippen molar-refractivity contribution in [1.82, 2.24) is 4.98 Å². The first-order chi connectivity index (χ1) is 4.79. The van der Waals surface area contributed by atoms with Gasteiger partial charge in [-0.3, -0.25) is 0 Å². The molecule has 0 fully saturated rings. The third kappa shape index (κ3) is 0.693. The number of hydrogen-bond donors (Lipinski definition) is 2. The van der Waals surface area contributed by atoms with E-state index in [0.717, 1.165) is 18.0 Å². The van der Waals surface area contributed by atoms with Gasteiger partial charge in [0.2, 0.25) is 0 Å². The summed E-state index contributed by atoms with van der Waals surface area (Å²) < 4.78 is 0. The molecule has 1 atom stereocenters. The van der Waals surface area contributed by atoms with E-state index < -0.39 is 0 Å². The molecular formula is C7H9ClN2. The lowest BCUT2D eigenvalue weighted by atomic mass is 10.2. The Kier molecular flexibility index (Phi) is 1.25. The SMILES string of the molecule is NC1CCc2c1c[nH]c2Cl. The van der Waals surface area contributed by atoms with Crippen molar-refractivity contribution in [2.75, 3.05) is 0 Å². The van der Waals surface area contributed by atoms with Crippen LogP contribution >= 0.6 is 11.6 Å². The van der Waals surface area contributed by atoms with Gasteiger partial charge in [-0.25, -0.2) is 0 Å². The predicted molar refractivity (Wildman–Crippen MR) is 41.1 cm³/mol. The third-order valence-corrected chi connectivity index (χ3v) is 2.41. The topological polar surface area (TPSA) is 41.8 Å². The molecule has 0 saturated carbocycles. The molecule has 2 rings (SSSR count). The van der Waals surface area contributed by atoms with Gasteiger partial charge in [0, 0.05) is 12.2 Å². The number of hydrogen-bond acceptors (Lipinski definition) is 1. The maximum atomic E-state index is 5.84. The highest BCUT2D eigenvalue weighted by atomic mass is 35.5. The second-order valence-electron chi connectivity index (χ2n) is 2.68. The summed E-state index contributed by atoms with van der Waals surface area (Å²) in [6, 6.07) is 0.207. The molecule has 0 amide bonds. The van der Waals surface area contributed by atoms with Crippen molar-refractivity contribution in [3.63, 3.8) is 0 Å². The fourth-order valence-electron chi connectivity index (χ4n) is 1.48. The van der Waals surface area contributed by atoms with Crippen LogP contribution in [0, 0.1) is 0 Å². The zero-order valence-corrected chi connectivity index (χ0v) is 6.28. The van der Waals surface area contributed by atoms with E-state index in [2.05, 4.69) is 4.98 Å². The van der Waals surface area contributed by atoms with Crippen LogP contribution in [-0.2, 0) is 6.42 Å². The normalized spacial score (nSPS) is 23.2. The summed E-state index contributed by atoms with van der Waals surface area (Å²) in [7, 11) is 0. The van der Waals surface area contributed by atoms with Crippen LogP contribution in [0.15, 0.2) is 6.20 Å². The predicted octanol–water partition coefficient (Wildman–Crippen LogP) is 1.61. The van der Waals surface area contributed by atoms with Gasteiger partial charge in [0.25, 0.3) is 0 Å². The van der Waals surface area contributed by atoms with E-state index >= 15 is 0 Å². The zero-order valence-electron chi connectivity index (χ0n) is 5.52. The highest BCUT2D eigenvalue weighted by molar-refractivity contribution is 6.30. The standard InChI is InChI=1S/C7H9ClN2/c8-7-4-1-2-6(9)5(4)3-10-7/h3,6,10H,1-2,9H2. The van der Waals surface area contributed by atoms with E-state index in [9.17, 15) is 0 Å². The molecule has 3 heteroatoms. The molecule has 0 spiro atoms. The zero-order chi connectivity index (χ0) is 7.14. The highest BCUT2D eigenvalue weighted by Gasteiger charge is 2.22. The lowest BCUT2D eigenvalue weighted by Gasteiger charge is -1.97. The quantitative estimate of drug-likeness (QED) is 0.589. The Hall–Kier alpha value is -0.470. The Labute approximate surface area is 64.4 Å². The minimum Gasteiger partial charge on any atom is -0.352 e. The molecule has 0 bridgehead atoms. The van der Waals surface area contributed by atoms with Crippen molar-refractivity contribution in [3.8, 4) is 0 Å². The van der Waals surface area contributed by atoms with Crippen molar-refractivity contribution in [3.05, 3.63) is 22.5 Å². The summed E-state index contributed by atoms with van der Waals surface area (Å²) in [6.45, 7) is 0. The fourth-order valence-corrected chi connectivity index (χ4v) is 1.74. The maximum Gasteiger partial charge on any atom is 0.109 e. The van der Waals surface area contributed by atoms with Gasteiger partial charge >= 0.3 is 0 Å². The molecule has 0 aromatic carbocycles. The summed E-state index contributed by atoms with van der Waals surface area (Å²) in [5, 5.41) is 0.767. The summed E-state index contributed by atoms with van der Waals surface area (Å²) in [6.07, 6.45) is 3.98. The van der Waals surface area contributed by atoms with E-state index in [4.69, 9.17) is 17.3 Å². The average molecular weight is 157 g/mol. The molecule has 1 aliphatic rings. The number of nitrogens with two attached hydrogens (primary N) is 1. The first-order valence-electron chi connectivity index (χ1n) is 3.40. The number of aromatic nitrogens is 1. The maximum absolute atomic E-state index is 5.84. The minimum absolute atomic E-state index is 0.207. The van der Waals surface area contributed by atoms with Crippen LogP contribution < -0.4 is 5.73 Å². The van der Waals surface area contributed by atoms with Crippen molar-refractivity contribution < 1.29 is 0 Å². The highest BCUT2D eigenvalue weighted by Crippen LogP contribution is 2.33. The van der Waals surface area contributed by atoms with Crippen molar-refractivity contribution in [2.45, 2.75) is 18.9 Å². The monoisotopic (exact) mass is 156 g/mol. The summed E-state index contributed by atoms with van der Waals surface area (Å²) in [5.41, 5.74) is 8.20. The van der Waals surface area contributed by atoms with E-state index in [1.807, 2.05) is 6.20 Å². The van der Waals surface area contributed by atoms with E-state index in [-0.39, 0.29) is 6.04 Å². The Bertz CT molecular complexity index is 254. The van der Waals surface area contributed by atoms with Crippen molar-refractivity contribution in [1.29, 1.82) is 0 Å². The van der Waals surface area contributed by atoms with Gasteiger partial charge in [-0.2, -0.15) is 0 Å². The number of rotatable bonds is 0. The molecule has 0 radical (unpaired) electrons. The van der Waals surface area contributed by atoms with Crippen LogP contribution in [0.2, 0.25) is 5.15 Å². The fraction of sp³-hybridized carbons (Fsp3) is 0.429. The molecule has 2 nitrogen and oxygen atoms in total. The molecule has 1 aliphatic carbocycles.